The maximum absolute atomic E-state index is 11.5. The molecule has 2 atom stereocenters. The Hall–Kier alpha value is -1.43. The minimum absolute atomic E-state index is 0.0734. The van der Waals surface area contributed by atoms with Crippen LogP contribution in [0.1, 0.15) is 42.8 Å². The zero-order chi connectivity index (χ0) is 12.4. The Labute approximate surface area is 99.9 Å². The van der Waals surface area contributed by atoms with Gasteiger partial charge in [0, 0.05) is 13.7 Å². The molecule has 0 N–H and O–H groups in total. The molecule has 6 heteroatoms. The van der Waals surface area contributed by atoms with E-state index >= 15 is 0 Å². The van der Waals surface area contributed by atoms with E-state index in [0.29, 0.717) is 18.3 Å². The number of hydrogen-bond donors (Lipinski definition) is 0. The molecule has 1 aliphatic rings. The monoisotopic (exact) mass is 239 g/mol. The van der Waals surface area contributed by atoms with Crippen LogP contribution in [0, 0.1) is 5.92 Å². The van der Waals surface area contributed by atoms with E-state index in [1.807, 2.05) is 0 Å². The quantitative estimate of drug-likeness (QED) is 0.739. The summed E-state index contributed by atoms with van der Waals surface area (Å²) in [7, 11) is 1.76. The predicted octanol–water partition coefficient (Wildman–Crippen LogP) is 1.09. The molecule has 1 fully saturated rings. The normalized spacial score (nSPS) is 23.9. The number of hydrogen-bond acceptors (Lipinski definition) is 5. The van der Waals surface area contributed by atoms with Gasteiger partial charge in [-0.3, -0.25) is 0 Å². The number of nitrogens with zero attached hydrogens (tertiary/aromatic N) is 3. The van der Waals surface area contributed by atoms with Crippen molar-refractivity contribution in [3.8, 4) is 0 Å². The van der Waals surface area contributed by atoms with Crippen LogP contribution in [0.3, 0.4) is 0 Å². The second-order valence-electron chi connectivity index (χ2n) is 4.20. The molecule has 0 bridgehead atoms. The maximum atomic E-state index is 11.5. The third-order valence-corrected chi connectivity index (χ3v) is 2.90. The second-order valence-corrected chi connectivity index (χ2v) is 4.20. The third-order valence-electron chi connectivity index (χ3n) is 2.90. The third kappa shape index (κ3) is 2.31. The Morgan fingerprint density at radius 1 is 1.65 bits per heavy atom. The average Bonchev–Trinajstić information content (AvgIpc) is 2.85. The van der Waals surface area contributed by atoms with E-state index in [-0.39, 0.29) is 11.9 Å². The molecule has 94 valence electrons. The SMILES string of the molecule is CCOC(=O)c1nc(C2OCCC2C)n(C)n1. The first-order chi connectivity index (χ1) is 8.13. The van der Waals surface area contributed by atoms with Crippen molar-refractivity contribution in [2.75, 3.05) is 13.2 Å². The van der Waals surface area contributed by atoms with Crippen molar-refractivity contribution in [1.82, 2.24) is 14.8 Å². The smallest absolute Gasteiger partial charge is 0.378 e. The molecule has 17 heavy (non-hydrogen) atoms. The number of carbonyl (C=O) groups is 1. The van der Waals surface area contributed by atoms with Crippen LogP contribution < -0.4 is 0 Å². The minimum Gasteiger partial charge on any atom is -0.460 e. The van der Waals surface area contributed by atoms with E-state index in [1.165, 1.54) is 0 Å². The van der Waals surface area contributed by atoms with Crippen LogP contribution in [-0.2, 0) is 16.5 Å². The molecule has 0 saturated carbocycles. The van der Waals surface area contributed by atoms with E-state index in [0.717, 1.165) is 13.0 Å². The van der Waals surface area contributed by atoms with Crippen molar-refractivity contribution >= 4 is 5.97 Å². The highest BCUT2D eigenvalue weighted by Gasteiger charge is 2.31. The van der Waals surface area contributed by atoms with Gasteiger partial charge < -0.3 is 9.47 Å². The van der Waals surface area contributed by atoms with Gasteiger partial charge in [0.25, 0.3) is 5.82 Å². The van der Waals surface area contributed by atoms with Crippen LogP contribution in [0.5, 0.6) is 0 Å². The van der Waals surface area contributed by atoms with Crippen molar-refractivity contribution in [1.29, 1.82) is 0 Å². The standard InChI is InChI=1S/C11H17N3O3/c1-4-16-11(15)9-12-10(14(3)13-9)8-7(2)5-6-17-8/h7-8H,4-6H2,1-3H3. The number of aryl methyl sites for hydroxylation is 1. The lowest BCUT2D eigenvalue weighted by Gasteiger charge is -2.12. The van der Waals surface area contributed by atoms with Crippen molar-refractivity contribution in [3.05, 3.63) is 11.6 Å². The number of rotatable bonds is 3. The summed E-state index contributed by atoms with van der Waals surface area (Å²) in [4.78, 5) is 15.7. The topological polar surface area (TPSA) is 66.2 Å². The average molecular weight is 239 g/mol. The largest absolute Gasteiger partial charge is 0.460 e. The summed E-state index contributed by atoms with van der Waals surface area (Å²) in [5.74, 6) is 0.707. The van der Waals surface area contributed by atoms with Crippen LogP contribution in [0.4, 0.5) is 0 Å². The summed E-state index contributed by atoms with van der Waals surface area (Å²) in [6.07, 6.45) is 0.933. The molecule has 6 nitrogen and oxygen atoms in total. The highest BCUT2D eigenvalue weighted by atomic mass is 16.5. The fraction of sp³-hybridized carbons (Fsp3) is 0.727. The van der Waals surface area contributed by atoms with Gasteiger partial charge in [0.05, 0.1) is 6.61 Å². The lowest BCUT2D eigenvalue weighted by Crippen LogP contribution is -2.10. The molecule has 2 heterocycles. The molecule has 0 aliphatic carbocycles. The zero-order valence-electron chi connectivity index (χ0n) is 10.3. The van der Waals surface area contributed by atoms with E-state index in [2.05, 4.69) is 17.0 Å². The van der Waals surface area contributed by atoms with Gasteiger partial charge in [-0.25, -0.2) is 14.5 Å². The molecular formula is C11H17N3O3. The number of ether oxygens (including phenoxy) is 2. The van der Waals surface area contributed by atoms with Gasteiger partial charge in [0.15, 0.2) is 5.82 Å². The molecule has 1 aliphatic heterocycles. The van der Waals surface area contributed by atoms with Crippen LogP contribution in [0.15, 0.2) is 0 Å². The van der Waals surface area contributed by atoms with Crippen LogP contribution in [0.25, 0.3) is 0 Å². The predicted molar refractivity (Wildman–Crippen MR) is 59.4 cm³/mol. The first-order valence-corrected chi connectivity index (χ1v) is 5.83. The Morgan fingerprint density at radius 3 is 3.00 bits per heavy atom. The Morgan fingerprint density at radius 2 is 2.41 bits per heavy atom. The summed E-state index contributed by atoms with van der Waals surface area (Å²) in [5, 5.41) is 4.06. The molecule has 2 unspecified atom stereocenters. The van der Waals surface area contributed by atoms with Crippen molar-refractivity contribution in [3.63, 3.8) is 0 Å². The van der Waals surface area contributed by atoms with Crippen molar-refractivity contribution in [2.45, 2.75) is 26.4 Å². The van der Waals surface area contributed by atoms with Gasteiger partial charge in [-0.05, 0) is 19.3 Å². The molecule has 1 aromatic rings. The van der Waals surface area contributed by atoms with Gasteiger partial charge in [-0.2, -0.15) is 0 Å². The van der Waals surface area contributed by atoms with E-state index in [4.69, 9.17) is 9.47 Å². The molecule has 1 saturated heterocycles. The maximum Gasteiger partial charge on any atom is 0.378 e. The Kier molecular flexibility index (Phi) is 3.42. The lowest BCUT2D eigenvalue weighted by molar-refractivity contribution is 0.0511. The highest BCUT2D eigenvalue weighted by Crippen LogP contribution is 2.32. The fourth-order valence-electron chi connectivity index (χ4n) is 1.95. The van der Waals surface area contributed by atoms with Crippen molar-refractivity contribution < 1.29 is 14.3 Å². The number of carbonyl (C=O) groups excluding carboxylic acids is 1. The van der Waals surface area contributed by atoms with Crippen LogP contribution in [0.2, 0.25) is 0 Å². The Bertz CT molecular complexity index is 416. The molecule has 2 rings (SSSR count). The molecule has 0 spiro atoms. The fourth-order valence-corrected chi connectivity index (χ4v) is 1.95. The summed E-state index contributed by atoms with van der Waals surface area (Å²) in [5.41, 5.74) is 0. The minimum atomic E-state index is -0.486. The molecule has 0 aromatic carbocycles. The van der Waals surface area contributed by atoms with E-state index < -0.39 is 5.97 Å². The van der Waals surface area contributed by atoms with Gasteiger partial charge in [-0.1, -0.05) is 6.92 Å². The Balaban J connectivity index is 2.21. The van der Waals surface area contributed by atoms with Gasteiger partial charge in [0.1, 0.15) is 6.10 Å². The molecular weight excluding hydrogens is 222 g/mol. The van der Waals surface area contributed by atoms with E-state index in [9.17, 15) is 4.79 Å². The second kappa shape index (κ2) is 4.83. The van der Waals surface area contributed by atoms with Crippen molar-refractivity contribution in [2.24, 2.45) is 13.0 Å². The highest BCUT2D eigenvalue weighted by molar-refractivity contribution is 5.84. The summed E-state index contributed by atoms with van der Waals surface area (Å²) in [6, 6.07) is 0. The van der Waals surface area contributed by atoms with Gasteiger partial charge in [-0.15, -0.1) is 5.10 Å². The van der Waals surface area contributed by atoms with Crippen LogP contribution in [-0.4, -0.2) is 33.9 Å². The summed E-state index contributed by atoms with van der Waals surface area (Å²) >= 11 is 0. The lowest BCUT2D eigenvalue weighted by atomic mass is 10.0. The summed E-state index contributed by atoms with van der Waals surface area (Å²) < 4.78 is 12.1. The van der Waals surface area contributed by atoms with Gasteiger partial charge >= 0.3 is 5.97 Å². The first-order valence-electron chi connectivity index (χ1n) is 5.83. The van der Waals surface area contributed by atoms with E-state index in [1.54, 1.807) is 18.7 Å². The van der Waals surface area contributed by atoms with Crippen LogP contribution >= 0.6 is 0 Å². The number of aromatic nitrogens is 3. The molecule has 0 radical (unpaired) electrons. The summed E-state index contributed by atoms with van der Waals surface area (Å²) in [6.45, 7) is 4.91. The first kappa shape index (κ1) is 12.0. The molecule has 1 aromatic heterocycles. The number of esters is 1. The van der Waals surface area contributed by atoms with Gasteiger partial charge in [0.2, 0.25) is 0 Å². The zero-order valence-corrected chi connectivity index (χ0v) is 10.3. The molecule has 0 amide bonds.